The summed E-state index contributed by atoms with van der Waals surface area (Å²) in [6, 6.07) is 11.7. The summed E-state index contributed by atoms with van der Waals surface area (Å²) in [5, 5.41) is 11.4. The second kappa shape index (κ2) is 7.24. The fourth-order valence-corrected chi connectivity index (χ4v) is 5.29. The minimum Gasteiger partial charge on any atom is -0.508 e. The van der Waals surface area contributed by atoms with Crippen LogP contribution in [-0.4, -0.2) is 60.5 Å². The molecule has 0 spiro atoms. The van der Waals surface area contributed by atoms with E-state index in [1.807, 2.05) is 6.92 Å². The van der Waals surface area contributed by atoms with Crippen molar-refractivity contribution in [1.29, 1.82) is 0 Å². The third-order valence-electron chi connectivity index (χ3n) is 5.49. The average Bonchev–Trinajstić information content (AvgIpc) is 3.04. The number of hydrogen-bond acceptors (Lipinski definition) is 5. The van der Waals surface area contributed by atoms with E-state index >= 15 is 0 Å². The lowest BCUT2D eigenvalue weighted by Gasteiger charge is -2.32. The van der Waals surface area contributed by atoms with Crippen LogP contribution < -0.4 is 0 Å². The van der Waals surface area contributed by atoms with Gasteiger partial charge < -0.3 is 10.0 Å². The molecule has 1 aromatic heterocycles. The molecule has 0 saturated carbocycles. The molecule has 0 radical (unpaired) electrons. The van der Waals surface area contributed by atoms with Crippen molar-refractivity contribution in [3.63, 3.8) is 0 Å². The molecule has 1 aliphatic rings. The summed E-state index contributed by atoms with van der Waals surface area (Å²) in [7, 11) is -1.59. The van der Waals surface area contributed by atoms with Gasteiger partial charge in [-0.2, -0.15) is 0 Å². The predicted molar refractivity (Wildman–Crippen MR) is 110 cm³/mol. The van der Waals surface area contributed by atoms with Gasteiger partial charge in [-0.3, -0.25) is 4.90 Å². The van der Waals surface area contributed by atoms with Gasteiger partial charge in [-0.1, -0.05) is 18.2 Å². The molecule has 0 aliphatic carbocycles. The van der Waals surface area contributed by atoms with Gasteiger partial charge in [-0.15, -0.1) is 0 Å². The van der Waals surface area contributed by atoms with Crippen molar-refractivity contribution in [2.24, 2.45) is 0 Å². The Hall–Kier alpha value is -2.35. The highest BCUT2D eigenvalue weighted by atomic mass is 32.2. The van der Waals surface area contributed by atoms with Crippen LogP contribution >= 0.6 is 0 Å². The topological polar surface area (TPSA) is 65.8 Å². The number of aryl methyl sites for hydroxylation is 1. The van der Waals surface area contributed by atoms with E-state index in [1.165, 1.54) is 3.97 Å². The Morgan fingerprint density at radius 3 is 2.36 bits per heavy atom. The zero-order valence-corrected chi connectivity index (χ0v) is 17.0. The second-order valence-electron chi connectivity index (χ2n) is 7.46. The Labute approximate surface area is 165 Å². The van der Waals surface area contributed by atoms with E-state index in [1.54, 1.807) is 48.7 Å². The molecule has 148 valence electrons. The quantitative estimate of drug-likeness (QED) is 0.731. The van der Waals surface area contributed by atoms with Crippen molar-refractivity contribution in [2.45, 2.75) is 18.4 Å². The maximum Gasteiger partial charge on any atom is 0.268 e. The minimum absolute atomic E-state index is 0.212. The largest absolute Gasteiger partial charge is 0.508 e. The van der Waals surface area contributed by atoms with Crippen molar-refractivity contribution in [3.8, 4) is 5.75 Å². The first-order valence-corrected chi connectivity index (χ1v) is 10.9. The van der Waals surface area contributed by atoms with Crippen molar-refractivity contribution in [2.75, 3.05) is 33.2 Å². The highest BCUT2D eigenvalue weighted by molar-refractivity contribution is 7.90. The number of likely N-dealkylation sites (N-methyl/N-ethyl adjacent to an activating group) is 1. The summed E-state index contributed by atoms with van der Waals surface area (Å²) >= 11 is 0. The fourth-order valence-electron chi connectivity index (χ4n) is 3.85. The number of aromatic hydroxyl groups is 1. The highest BCUT2D eigenvalue weighted by Crippen LogP contribution is 2.34. The molecule has 2 aromatic carbocycles. The van der Waals surface area contributed by atoms with Crippen LogP contribution in [0.25, 0.3) is 10.9 Å². The van der Waals surface area contributed by atoms with Crippen LogP contribution in [-0.2, 0) is 16.6 Å². The highest BCUT2D eigenvalue weighted by Gasteiger charge is 2.24. The Bertz CT molecular complexity index is 1100. The molecule has 1 N–H and O–H groups in total. The lowest BCUT2D eigenvalue weighted by atomic mass is 10.0. The molecule has 4 rings (SSSR count). The summed E-state index contributed by atoms with van der Waals surface area (Å²) in [5.41, 5.74) is 2.24. The molecule has 7 heteroatoms. The molecule has 1 saturated heterocycles. The molecule has 0 unspecified atom stereocenters. The van der Waals surface area contributed by atoms with E-state index in [2.05, 4.69) is 16.8 Å². The lowest BCUT2D eigenvalue weighted by Crippen LogP contribution is -2.43. The minimum atomic E-state index is -3.70. The Kier molecular flexibility index (Phi) is 4.91. The smallest absolute Gasteiger partial charge is 0.268 e. The Morgan fingerprint density at radius 2 is 1.68 bits per heavy atom. The molecule has 0 bridgehead atoms. The first kappa shape index (κ1) is 19.0. The van der Waals surface area contributed by atoms with Gasteiger partial charge in [-0.25, -0.2) is 12.4 Å². The second-order valence-corrected chi connectivity index (χ2v) is 9.28. The summed E-state index contributed by atoms with van der Waals surface area (Å²) in [5.74, 6) is 0.212. The van der Waals surface area contributed by atoms with Gasteiger partial charge in [0.25, 0.3) is 10.0 Å². The SMILES string of the molecule is Cc1cn(S(=O)(=O)c2ccccc2)c2ccc(O)c(CN3CCN(C)CC3)c12. The van der Waals surface area contributed by atoms with Gasteiger partial charge in [0.15, 0.2) is 0 Å². The van der Waals surface area contributed by atoms with E-state index in [0.717, 1.165) is 42.7 Å². The fraction of sp³-hybridized carbons (Fsp3) is 0.333. The number of hydrogen-bond donors (Lipinski definition) is 1. The molecule has 3 aromatic rings. The maximum absolute atomic E-state index is 13.2. The first-order valence-electron chi connectivity index (χ1n) is 9.42. The van der Waals surface area contributed by atoms with Crippen molar-refractivity contribution < 1.29 is 13.5 Å². The number of nitrogens with zero attached hydrogens (tertiary/aromatic N) is 3. The summed E-state index contributed by atoms with van der Waals surface area (Å²) in [6.07, 6.45) is 1.65. The van der Waals surface area contributed by atoms with Crippen LogP contribution in [0.4, 0.5) is 0 Å². The maximum atomic E-state index is 13.2. The summed E-state index contributed by atoms with van der Waals surface area (Å²) < 4.78 is 27.7. The molecule has 1 aliphatic heterocycles. The van der Waals surface area contributed by atoms with E-state index in [-0.39, 0.29) is 10.6 Å². The predicted octanol–water partition coefficient (Wildman–Crippen LogP) is 2.64. The van der Waals surface area contributed by atoms with Crippen molar-refractivity contribution >= 4 is 20.9 Å². The van der Waals surface area contributed by atoms with Gasteiger partial charge in [0.05, 0.1) is 10.4 Å². The van der Waals surface area contributed by atoms with Gasteiger partial charge in [0.1, 0.15) is 5.75 Å². The van der Waals surface area contributed by atoms with E-state index in [0.29, 0.717) is 12.1 Å². The molecule has 1 fully saturated rings. The van der Waals surface area contributed by atoms with Gasteiger partial charge in [0.2, 0.25) is 0 Å². The van der Waals surface area contributed by atoms with Crippen LogP contribution in [0.2, 0.25) is 0 Å². The number of piperazine rings is 1. The summed E-state index contributed by atoms with van der Waals surface area (Å²) in [4.78, 5) is 4.84. The zero-order valence-electron chi connectivity index (χ0n) is 16.2. The molecule has 6 nitrogen and oxygen atoms in total. The molecule has 0 atom stereocenters. The van der Waals surface area contributed by atoms with Crippen molar-refractivity contribution in [1.82, 2.24) is 13.8 Å². The normalized spacial score (nSPS) is 16.6. The first-order chi connectivity index (χ1) is 13.4. The van der Waals surface area contributed by atoms with E-state index in [4.69, 9.17) is 0 Å². The summed E-state index contributed by atoms with van der Waals surface area (Å²) in [6.45, 7) is 6.32. The zero-order chi connectivity index (χ0) is 19.9. The molecular weight excluding hydrogens is 374 g/mol. The standard InChI is InChI=1S/C21H25N3O3S/c1-16-14-24(28(26,27)17-6-4-3-5-7-17)19-8-9-20(25)18(21(16)19)15-23-12-10-22(2)11-13-23/h3-9,14,25H,10-13,15H2,1-2H3. The monoisotopic (exact) mass is 399 g/mol. The Balaban J connectivity index is 1.80. The number of benzene rings is 2. The molecule has 28 heavy (non-hydrogen) atoms. The van der Waals surface area contributed by atoms with Crippen molar-refractivity contribution in [3.05, 3.63) is 59.8 Å². The molecule has 0 amide bonds. The molecule has 2 heterocycles. The number of fused-ring (bicyclic) bond motifs is 1. The average molecular weight is 400 g/mol. The van der Waals surface area contributed by atoms with E-state index < -0.39 is 10.0 Å². The van der Waals surface area contributed by atoms with Gasteiger partial charge >= 0.3 is 0 Å². The lowest BCUT2D eigenvalue weighted by molar-refractivity contribution is 0.147. The van der Waals surface area contributed by atoms with E-state index in [9.17, 15) is 13.5 Å². The number of aromatic nitrogens is 1. The Morgan fingerprint density at radius 1 is 1.00 bits per heavy atom. The number of phenolic OH excluding ortho intramolecular Hbond substituents is 1. The van der Waals surface area contributed by atoms with Crippen LogP contribution in [0.3, 0.4) is 0 Å². The van der Waals surface area contributed by atoms with Gasteiger partial charge in [-0.05, 0) is 43.8 Å². The number of phenols is 1. The van der Waals surface area contributed by atoms with Gasteiger partial charge in [0, 0.05) is 49.9 Å². The van der Waals surface area contributed by atoms with Crippen LogP contribution in [0.15, 0.2) is 53.6 Å². The molecular formula is C21H25N3O3S. The number of rotatable bonds is 4. The van der Waals surface area contributed by atoms with Crippen LogP contribution in [0.1, 0.15) is 11.1 Å². The third kappa shape index (κ3) is 3.30. The van der Waals surface area contributed by atoms with Crippen LogP contribution in [0, 0.1) is 6.92 Å². The van der Waals surface area contributed by atoms with Crippen LogP contribution in [0.5, 0.6) is 5.75 Å². The third-order valence-corrected chi connectivity index (χ3v) is 7.17.